The molecule has 0 aliphatic heterocycles. The standard InChI is InChI=1S/C58H39NO/c1-4-12-40(13-5-1)43-20-22-45(23-21-43)47-30-34-52(35-31-47)59(51-32-28-46(29-33-51)42-16-8-3-9-17-42)53-38-54(48-26-24-44(25-27-48)41-14-6-2-7-15-41)58-56(39-53)55-36-49-18-10-11-19-50(49)37-57(55)60-58/h1-39H. The fraction of sp³-hybridized carbons (Fsp3) is 0. The van der Waals surface area contributed by atoms with Gasteiger partial charge in [0.25, 0.3) is 0 Å². The third kappa shape index (κ3) is 6.61. The molecule has 0 N–H and O–H groups in total. The molecule has 1 heterocycles. The van der Waals surface area contributed by atoms with Crippen LogP contribution in [0, 0.1) is 0 Å². The van der Waals surface area contributed by atoms with Crippen molar-refractivity contribution in [2.45, 2.75) is 0 Å². The van der Waals surface area contributed by atoms with Crippen LogP contribution in [0.3, 0.4) is 0 Å². The summed E-state index contributed by atoms with van der Waals surface area (Å²) in [7, 11) is 0. The lowest BCUT2D eigenvalue weighted by Crippen LogP contribution is -2.10. The molecule has 1 aromatic heterocycles. The van der Waals surface area contributed by atoms with Gasteiger partial charge in [0.1, 0.15) is 11.2 Å². The van der Waals surface area contributed by atoms with Crippen molar-refractivity contribution in [2.75, 3.05) is 4.90 Å². The first kappa shape index (κ1) is 35.2. The molecule has 0 amide bonds. The molecular formula is C58H39NO. The van der Waals surface area contributed by atoms with Gasteiger partial charge in [0.05, 0.1) is 0 Å². The number of furan rings is 1. The van der Waals surface area contributed by atoms with Crippen molar-refractivity contribution in [3.8, 4) is 55.6 Å². The van der Waals surface area contributed by atoms with Gasteiger partial charge in [0.15, 0.2) is 0 Å². The van der Waals surface area contributed by atoms with Gasteiger partial charge in [0, 0.05) is 33.4 Å². The maximum absolute atomic E-state index is 6.85. The topological polar surface area (TPSA) is 16.4 Å². The predicted molar refractivity (Wildman–Crippen MR) is 253 cm³/mol. The SMILES string of the molecule is c1ccc(-c2ccc(-c3ccc(N(c4ccc(-c5ccccc5)cc4)c4cc(-c5ccc(-c6ccccc6)cc5)c5oc6cc7ccccc7cc6c5c4)cc3)cc2)cc1. The van der Waals surface area contributed by atoms with E-state index in [2.05, 4.69) is 241 Å². The lowest BCUT2D eigenvalue weighted by atomic mass is 9.97. The molecule has 0 aliphatic carbocycles. The second-order valence-corrected chi connectivity index (χ2v) is 15.3. The highest BCUT2D eigenvalue weighted by atomic mass is 16.3. The lowest BCUT2D eigenvalue weighted by Gasteiger charge is -2.27. The zero-order chi connectivity index (χ0) is 39.8. The average Bonchev–Trinajstić information content (AvgIpc) is 3.69. The number of fused-ring (bicyclic) bond motifs is 4. The first-order valence-electron chi connectivity index (χ1n) is 20.5. The van der Waals surface area contributed by atoms with Crippen molar-refractivity contribution in [3.05, 3.63) is 237 Å². The predicted octanol–water partition coefficient (Wildman–Crippen LogP) is 16.5. The van der Waals surface area contributed by atoms with Gasteiger partial charge >= 0.3 is 0 Å². The van der Waals surface area contributed by atoms with Crippen molar-refractivity contribution in [1.82, 2.24) is 0 Å². The molecule has 0 atom stereocenters. The van der Waals surface area contributed by atoms with Gasteiger partial charge in [-0.2, -0.15) is 0 Å². The van der Waals surface area contributed by atoms with Crippen molar-refractivity contribution < 1.29 is 4.42 Å². The van der Waals surface area contributed by atoms with Gasteiger partial charge in [-0.1, -0.05) is 188 Å². The molecule has 0 saturated carbocycles. The Labute approximate surface area is 349 Å². The summed E-state index contributed by atoms with van der Waals surface area (Å²) in [6.45, 7) is 0. The number of hydrogen-bond acceptors (Lipinski definition) is 2. The minimum atomic E-state index is 0.879. The van der Waals surface area contributed by atoms with E-state index in [0.29, 0.717) is 0 Å². The highest BCUT2D eigenvalue weighted by Gasteiger charge is 2.21. The van der Waals surface area contributed by atoms with Crippen LogP contribution in [0.15, 0.2) is 241 Å². The molecule has 11 rings (SSSR count). The Morgan fingerprint density at radius 3 is 1.08 bits per heavy atom. The Hall–Kier alpha value is -7.94. The highest BCUT2D eigenvalue weighted by Crippen LogP contribution is 2.45. The van der Waals surface area contributed by atoms with Crippen molar-refractivity contribution in [3.63, 3.8) is 0 Å². The van der Waals surface area contributed by atoms with Gasteiger partial charge < -0.3 is 9.32 Å². The van der Waals surface area contributed by atoms with Crippen LogP contribution < -0.4 is 4.90 Å². The van der Waals surface area contributed by atoms with Crippen molar-refractivity contribution in [2.24, 2.45) is 0 Å². The van der Waals surface area contributed by atoms with Crippen LogP contribution in [-0.4, -0.2) is 0 Å². The second kappa shape index (κ2) is 15.1. The minimum Gasteiger partial charge on any atom is -0.455 e. The maximum Gasteiger partial charge on any atom is 0.143 e. The zero-order valence-electron chi connectivity index (χ0n) is 32.9. The van der Waals surface area contributed by atoms with Crippen LogP contribution in [0.5, 0.6) is 0 Å². The van der Waals surface area contributed by atoms with Crippen LogP contribution >= 0.6 is 0 Å². The molecule has 60 heavy (non-hydrogen) atoms. The zero-order valence-corrected chi connectivity index (χ0v) is 32.9. The molecule has 0 aliphatic rings. The summed E-state index contributed by atoms with van der Waals surface area (Å²) in [5.74, 6) is 0. The van der Waals surface area contributed by atoms with E-state index < -0.39 is 0 Å². The number of anilines is 3. The first-order valence-corrected chi connectivity index (χ1v) is 20.5. The minimum absolute atomic E-state index is 0.879. The second-order valence-electron chi connectivity index (χ2n) is 15.3. The van der Waals surface area contributed by atoms with E-state index in [4.69, 9.17) is 4.42 Å². The molecule has 2 heteroatoms. The van der Waals surface area contributed by atoms with Crippen LogP contribution in [0.1, 0.15) is 0 Å². The van der Waals surface area contributed by atoms with Crippen LogP contribution in [0.25, 0.3) is 88.3 Å². The summed E-state index contributed by atoms with van der Waals surface area (Å²) in [5.41, 5.74) is 16.6. The van der Waals surface area contributed by atoms with E-state index in [-0.39, 0.29) is 0 Å². The quantitative estimate of drug-likeness (QED) is 0.153. The lowest BCUT2D eigenvalue weighted by molar-refractivity contribution is 0.670. The summed E-state index contributed by atoms with van der Waals surface area (Å²) in [5, 5.41) is 4.53. The largest absolute Gasteiger partial charge is 0.455 e. The Kier molecular flexibility index (Phi) is 8.87. The van der Waals surface area contributed by atoms with Crippen LogP contribution in [-0.2, 0) is 0 Å². The third-order valence-corrected chi connectivity index (χ3v) is 11.7. The maximum atomic E-state index is 6.85. The van der Waals surface area contributed by atoms with Crippen LogP contribution in [0.4, 0.5) is 17.1 Å². The molecule has 11 aromatic rings. The molecule has 0 radical (unpaired) electrons. The molecule has 0 saturated heterocycles. The van der Waals surface area contributed by atoms with E-state index >= 15 is 0 Å². The highest BCUT2D eigenvalue weighted by molar-refractivity contribution is 6.15. The van der Waals surface area contributed by atoms with Crippen molar-refractivity contribution >= 4 is 49.8 Å². The van der Waals surface area contributed by atoms with E-state index in [1.165, 1.54) is 49.9 Å². The van der Waals surface area contributed by atoms with Gasteiger partial charge in [-0.25, -0.2) is 0 Å². The molecule has 0 unspecified atom stereocenters. The van der Waals surface area contributed by atoms with E-state index in [9.17, 15) is 0 Å². The smallest absolute Gasteiger partial charge is 0.143 e. The first-order chi connectivity index (χ1) is 29.7. The van der Waals surface area contributed by atoms with Gasteiger partial charge in [0.2, 0.25) is 0 Å². The number of nitrogens with zero attached hydrogens (tertiary/aromatic N) is 1. The third-order valence-electron chi connectivity index (χ3n) is 11.7. The Balaban J connectivity index is 1.07. The van der Waals surface area contributed by atoms with Gasteiger partial charge in [-0.05, 0) is 109 Å². The number of rotatable bonds is 8. The summed E-state index contributed by atoms with van der Waals surface area (Å²) in [4.78, 5) is 2.37. The van der Waals surface area contributed by atoms with Crippen molar-refractivity contribution in [1.29, 1.82) is 0 Å². The van der Waals surface area contributed by atoms with Crippen LogP contribution in [0.2, 0.25) is 0 Å². The van der Waals surface area contributed by atoms with E-state index in [1.807, 2.05) is 0 Å². The summed E-state index contributed by atoms with van der Waals surface area (Å²) >= 11 is 0. The van der Waals surface area contributed by atoms with Gasteiger partial charge in [-0.3, -0.25) is 0 Å². The molecule has 10 aromatic carbocycles. The summed E-state index contributed by atoms with van der Waals surface area (Å²) in [6.07, 6.45) is 0. The molecule has 0 fully saturated rings. The molecule has 0 spiro atoms. The summed E-state index contributed by atoms with van der Waals surface area (Å²) < 4.78 is 6.85. The van der Waals surface area contributed by atoms with E-state index in [0.717, 1.165) is 55.5 Å². The Morgan fingerprint density at radius 2 is 0.633 bits per heavy atom. The fourth-order valence-electron chi connectivity index (χ4n) is 8.53. The molecule has 0 bridgehead atoms. The average molecular weight is 766 g/mol. The fourth-order valence-corrected chi connectivity index (χ4v) is 8.53. The number of hydrogen-bond donors (Lipinski definition) is 0. The Bertz CT molecular complexity index is 3240. The molecular weight excluding hydrogens is 727 g/mol. The normalized spacial score (nSPS) is 11.3. The van der Waals surface area contributed by atoms with Gasteiger partial charge in [-0.15, -0.1) is 0 Å². The number of benzene rings is 10. The molecule has 2 nitrogen and oxygen atoms in total. The monoisotopic (exact) mass is 765 g/mol. The van der Waals surface area contributed by atoms with E-state index in [1.54, 1.807) is 0 Å². The molecule has 282 valence electrons. The summed E-state index contributed by atoms with van der Waals surface area (Å²) in [6, 6.07) is 84.8. The Morgan fingerprint density at radius 1 is 0.267 bits per heavy atom.